The molecule has 2 saturated heterocycles. The number of aromatic amines is 1. The Morgan fingerprint density at radius 2 is 2.05 bits per heavy atom. The van der Waals surface area contributed by atoms with E-state index < -0.39 is 0 Å². The molecular formula is C18H22BrN3. The van der Waals surface area contributed by atoms with Gasteiger partial charge in [0.1, 0.15) is 0 Å². The van der Waals surface area contributed by atoms with Crippen molar-refractivity contribution in [1.29, 1.82) is 0 Å². The first-order chi connectivity index (χ1) is 10.8. The van der Waals surface area contributed by atoms with Crippen molar-refractivity contribution in [2.75, 3.05) is 19.6 Å². The third-order valence-electron chi connectivity index (χ3n) is 5.91. The zero-order chi connectivity index (χ0) is 14.7. The number of hydrogen-bond donors (Lipinski definition) is 1. The van der Waals surface area contributed by atoms with Crippen molar-refractivity contribution >= 4 is 26.8 Å². The Labute approximate surface area is 139 Å². The van der Waals surface area contributed by atoms with Crippen LogP contribution >= 0.6 is 15.9 Å². The minimum absolute atomic E-state index is 0.606. The fourth-order valence-corrected chi connectivity index (χ4v) is 5.28. The van der Waals surface area contributed by atoms with Crippen LogP contribution in [0, 0.1) is 0 Å². The highest BCUT2D eigenvalue weighted by molar-refractivity contribution is 9.10. The number of piperidine rings is 1. The van der Waals surface area contributed by atoms with Gasteiger partial charge in [-0.2, -0.15) is 0 Å². The lowest BCUT2D eigenvalue weighted by Crippen LogP contribution is -2.58. The van der Waals surface area contributed by atoms with Crippen LogP contribution in [-0.4, -0.2) is 40.6 Å². The van der Waals surface area contributed by atoms with Crippen LogP contribution in [0.5, 0.6) is 0 Å². The number of fused-ring (bicyclic) bond motifs is 7. The number of nitrogens with one attached hydrogen (secondary N) is 1. The maximum atomic E-state index is 3.76. The van der Waals surface area contributed by atoms with Crippen molar-refractivity contribution in [2.24, 2.45) is 0 Å². The maximum Gasteiger partial charge on any atom is 0.0628 e. The van der Waals surface area contributed by atoms with Crippen LogP contribution < -0.4 is 0 Å². The molecule has 5 rings (SSSR count). The van der Waals surface area contributed by atoms with Gasteiger partial charge < -0.3 is 4.98 Å². The number of rotatable bonds is 0. The highest BCUT2D eigenvalue weighted by Gasteiger charge is 2.41. The van der Waals surface area contributed by atoms with Crippen molar-refractivity contribution in [3.05, 3.63) is 33.9 Å². The Hall–Kier alpha value is -0.840. The van der Waals surface area contributed by atoms with Crippen LogP contribution in [0.3, 0.4) is 0 Å². The molecule has 3 aliphatic rings. The van der Waals surface area contributed by atoms with Gasteiger partial charge in [-0.1, -0.05) is 15.9 Å². The fourth-order valence-electron chi connectivity index (χ4n) is 4.92. The number of hydrogen-bond acceptors (Lipinski definition) is 2. The third-order valence-corrected chi connectivity index (χ3v) is 6.40. The molecule has 2 aromatic rings. The van der Waals surface area contributed by atoms with Gasteiger partial charge in [0.25, 0.3) is 0 Å². The molecule has 2 fully saturated rings. The lowest BCUT2D eigenvalue weighted by molar-refractivity contribution is -0.0599. The van der Waals surface area contributed by atoms with E-state index in [0.29, 0.717) is 12.2 Å². The standard InChI is InChI=1S/C18H22BrN3/c19-12-4-5-15-14(11-12)13-6-10-22-16(18(13)20-15)7-9-21-8-2-1-3-17(21)22/h4-5,11,16-17,20H,1-3,6-10H2/t16-,17-/m0/s1. The van der Waals surface area contributed by atoms with E-state index in [2.05, 4.69) is 48.9 Å². The molecular weight excluding hydrogens is 338 g/mol. The fraction of sp³-hybridized carbons (Fsp3) is 0.556. The molecule has 0 unspecified atom stereocenters. The quantitative estimate of drug-likeness (QED) is 0.766. The summed E-state index contributed by atoms with van der Waals surface area (Å²) < 4.78 is 1.19. The van der Waals surface area contributed by atoms with Crippen molar-refractivity contribution < 1.29 is 0 Å². The first-order valence-corrected chi connectivity index (χ1v) is 9.40. The van der Waals surface area contributed by atoms with Gasteiger partial charge in [0, 0.05) is 34.2 Å². The molecule has 0 spiro atoms. The van der Waals surface area contributed by atoms with E-state index in [1.807, 2.05) is 0 Å². The van der Waals surface area contributed by atoms with E-state index in [-0.39, 0.29) is 0 Å². The van der Waals surface area contributed by atoms with Gasteiger partial charge in [-0.05, 0) is 62.4 Å². The largest absolute Gasteiger partial charge is 0.357 e. The number of benzene rings is 1. The van der Waals surface area contributed by atoms with Crippen LogP contribution in [0.25, 0.3) is 10.9 Å². The van der Waals surface area contributed by atoms with Crippen LogP contribution in [0.2, 0.25) is 0 Å². The zero-order valence-electron chi connectivity index (χ0n) is 12.8. The Morgan fingerprint density at radius 3 is 3.00 bits per heavy atom. The predicted octanol–water partition coefficient (Wildman–Crippen LogP) is 4.05. The minimum atomic E-state index is 0.606. The zero-order valence-corrected chi connectivity index (χ0v) is 14.4. The highest BCUT2D eigenvalue weighted by Crippen LogP contribution is 2.42. The molecule has 0 radical (unpaired) electrons. The molecule has 116 valence electrons. The summed E-state index contributed by atoms with van der Waals surface area (Å²) in [6.07, 6.45) is 7.30. The Morgan fingerprint density at radius 1 is 1.09 bits per heavy atom. The average molecular weight is 360 g/mol. The predicted molar refractivity (Wildman–Crippen MR) is 93.0 cm³/mol. The summed E-state index contributed by atoms with van der Waals surface area (Å²) in [5.41, 5.74) is 4.38. The normalized spacial score (nSPS) is 29.1. The second-order valence-corrected chi connectivity index (χ2v) is 7.93. The summed E-state index contributed by atoms with van der Waals surface area (Å²) in [4.78, 5) is 9.27. The van der Waals surface area contributed by atoms with E-state index in [4.69, 9.17) is 0 Å². The summed E-state index contributed by atoms with van der Waals surface area (Å²) in [6, 6.07) is 7.26. The smallest absolute Gasteiger partial charge is 0.0628 e. The van der Waals surface area contributed by atoms with Gasteiger partial charge in [-0.15, -0.1) is 0 Å². The van der Waals surface area contributed by atoms with Crippen LogP contribution in [0.1, 0.15) is 43.0 Å². The second-order valence-electron chi connectivity index (χ2n) is 7.01. The lowest BCUT2D eigenvalue weighted by atomic mass is 9.90. The first-order valence-electron chi connectivity index (χ1n) is 8.61. The summed E-state index contributed by atoms with van der Waals surface area (Å²) in [7, 11) is 0. The Bertz CT molecular complexity index is 722. The Kier molecular flexibility index (Phi) is 3.14. The van der Waals surface area contributed by atoms with Crippen molar-refractivity contribution in [3.8, 4) is 0 Å². The summed E-state index contributed by atoms with van der Waals surface area (Å²) in [5.74, 6) is 0. The molecule has 0 saturated carbocycles. The lowest BCUT2D eigenvalue weighted by Gasteiger charge is -2.52. The first kappa shape index (κ1) is 13.6. The van der Waals surface area contributed by atoms with E-state index in [9.17, 15) is 0 Å². The molecule has 0 bridgehead atoms. The SMILES string of the molecule is Brc1ccc2[nH]c3c(c2c1)CCN1[C@H]3CCN2CCCC[C@@H]21. The van der Waals surface area contributed by atoms with E-state index >= 15 is 0 Å². The van der Waals surface area contributed by atoms with Crippen LogP contribution in [0.4, 0.5) is 0 Å². The van der Waals surface area contributed by atoms with Crippen molar-refractivity contribution in [1.82, 2.24) is 14.8 Å². The summed E-state index contributed by atoms with van der Waals surface area (Å²) in [5, 5.41) is 1.43. The maximum absolute atomic E-state index is 3.76. The molecule has 4 heterocycles. The van der Waals surface area contributed by atoms with Crippen molar-refractivity contribution in [3.63, 3.8) is 0 Å². The third kappa shape index (κ3) is 1.93. The number of H-pyrrole nitrogens is 1. The number of nitrogens with zero attached hydrogens (tertiary/aromatic N) is 2. The van der Waals surface area contributed by atoms with E-state index in [0.717, 1.165) is 0 Å². The topological polar surface area (TPSA) is 22.3 Å². The van der Waals surface area contributed by atoms with Gasteiger partial charge in [0.15, 0.2) is 0 Å². The molecule has 1 aromatic heterocycles. The molecule has 0 aliphatic carbocycles. The molecule has 0 amide bonds. The molecule has 4 heteroatoms. The van der Waals surface area contributed by atoms with Gasteiger partial charge in [0.05, 0.1) is 12.2 Å². The molecule has 1 N–H and O–H groups in total. The summed E-state index contributed by atoms with van der Waals surface area (Å²) >= 11 is 3.63. The van der Waals surface area contributed by atoms with Gasteiger partial charge >= 0.3 is 0 Å². The number of halogens is 1. The summed E-state index contributed by atoms with van der Waals surface area (Å²) in [6.45, 7) is 3.79. The highest BCUT2D eigenvalue weighted by atomic mass is 79.9. The van der Waals surface area contributed by atoms with Crippen molar-refractivity contribution in [2.45, 2.75) is 44.3 Å². The van der Waals surface area contributed by atoms with E-state index in [1.54, 1.807) is 5.56 Å². The molecule has 3 aliphatic heterocycles. The van der Waals surface area contributed by atoms with Gasteiger partial charge in [0.2, 0.25) is 0 Å². The minimum Gasteiger partial charge on any atom is -0.357 e. The Balaban J connectivity index is 1.58. The van der Waals surface area contributed by atoms with Gasteiger partial charge in [-0.3, -0.25) is 9.80 Å². The van der Waals surface area contributed by atoms with Gasteiger partial charge in [-0.25, -0.2) is 0 Å². The average Bonchev–Trinajstić information content (AvgIpc) is 2.92. The van der Waals surface area contributed by atoms with Crippen LogP contribution in [-0.2, 0) is 6.42 Å². The van der Waals surface area contributed by atoms with Crippen LogP contribution in [0.15, 0.2) is 22.7 Å². The van der Waals surface area contributed by atoms with E-state index in [1.165, 1.54) is 72.8 Å². The molecule has 22 heavy (non-hydrogen) atoms. The monoisotopic (exact) mass is 359 g/mol. The molecule has 2 atom stereocenters. The second kappa shape index (κ2) is 5.08. The molecule has 1 aromatic carbocycles. The number of aromatic nitrogens is 1. The molecule has 3 nitrogen and oxygen atoms in total.